The predicted molar refractivity (Wildman–Crippen MR) is 79.7 cm³/mol. The molecule has 1 atom stereocenters. The third-order valence-corrected chi connectivity index (χ3v) is 6.56. The molecule has 0 saturated heterocycles. The molecule has 2 rings (SSSR count). The third-order valence-electron chi connectivity index (χ3n) is 1.87. The van der Waals surface area contributed by atoms with E-state index in [1.807, 2.05) is 6.07 Å². The lowest BCUT2D eigenvalue weighted by Gasteiger charge is -2.26. The van der Waals surface area contributed by atoms with Gasteiger partial charge in [0.05, 0.1) is 9.30 Å². The molecular formula is C9H6Br2ClNO2S2. The lowest BCUT2D eigenvalue weighted by atomic mass is 10.2. The summed E-state index contributed by atoms with van der Waals surface area (Å²) in [6, 6.07) is 7.12. The first kappa shape index (κ1) is 13.9. The first-order valence-electron chi connectivity index (χ1n) is 4.46. The number of para-hydroxylation sites is 1. The molecule has 1 unspecified atom stereocenters. The molecule has 1 amide bonds. The van der Waals surface area contributed by atoms with Crippen LogP contribution in [0, 0.1) is 0 Å². The Labute approximate surface area is 129 Å². The summed E-state index contributed by atoms with van der Waals surface area (Å²) >= 11 is 14.8. The minimum atomic E-state index is -0.319. The number of rotatable bonds is 3. The van der Waals surface area contributed by atoms with Gasteiger partial charge < -0.3 is 4.18 Å². The van der Waals surface area contributed by atoms with E-state index >= 15 is 0 Å². The van der Waals surface area contributed by atoms with Gasteiger partial charge in [-0.05, 0) is 24.1 Å². The molecule has 0 radical (unpaired) electrons. The van der Waals surface area contributed by atoms with Gasteiger partial charge in [-0.3, -0.25) is 4.79 Å². The molecule has 0 bridgehead atoms. The van der Waals surface area contributed by atoms with Gasteiger partial charge in [0.25, 0.3) is 5.91 Å². The molecule has 0 aliphatic carbocycles. The SMILES string of the molecule is O=C1c2ccccc2OSN1SC(Cl)C(Br)Br. The Bertz CT molecular complexity index is 435. The van der Waals surface area contributed by atoms with E-state index in [0.717, 1.165) is 12.2 Å². The lowest BCUT2D eigenvalue weighted by molar-refractivity contribution is 0.0923. The standard InChI is InChI=1S/C9H6Br2ClNO2S2/c10-7(11)8(12)16-13-9(14)5-3-1-2-4-6(5)15-17-13/h1-4,7-8H. The highest BCUT2D eigenvalue weighted by atomic mass is 79.9. The average Bonchev–Trinajstić information content (AvgIpc) is 2.33. The quantitative estimate of drug-likeness (QED) is 0.412. The summed E-state index contributed by atoms with van der Waals surface area (Å²) in [5.74, 6) is 0.466. The fourth-order valence-corrected chi connectivity index (χ4v) is 3.52. The number of carbonyl (C=O) groups excluding carboxylic acids is 1. The zero-order valence-corrected chi connectivity index (χ0v) is 13.7. The van der Waals surface area contributed by atoms with Crippen LogP contribution in [0.1, 0.15) is 10.4 Å². The van der Waals surface area contributed by atoms with Crippen molar-refractivity contribution in [3.8, 4) is 5.75 Å². The molecule has 92 valence electrons. The van der Waals surface area contributed by atoms with E-state index in [1.165, 1.54) is 15.7 Å². The van der Waals surface area contributed by atoms with E-state index in [1.54, 1.807) is 18.2 Å². The molecule has 1 aromatic rings. The van der Waals surface area contributed by atoms with Crippen molar-refractivity contribution in [1.82, 2.24) is 3.71 Å². The molecule has 0 N–H and O–H groups in total. The maximum Gasteiger partial charge on any atom is 0.280 e. The van der Waals surface area contributed by atoms with Crippen molar-refractivity contribution in [3.63, 3.8) is 0 Å². The number of amides is 1. The van der Waals surface area contributed by atoms with Gasteiger partial charge in [0, 0.05) is 0 Å². The van der Waals surface area contributed by atoms with Crippen LogP contribution in [0.2, 0.25) is 0 Å². The average molecular weight is 420 g/mol. The molecule has 1 heterocycles. The smallest absolute Gasteiger partial charge is 0.280 e. The minimum Gasteiger partial charge on any atom is -0.404 e. The highest BCUT2D eigenvalue weighted by Crippen LogP contribution is 2.40. The van der Waals surface area contributed by atoms with Gasteiger partial charge in [-0.2, -0.15) is 3.71 Å². The molecule has 1 aliphatic heterocycles. The summed E-state index contributed by atoms with van der Waals surface area (Å²) in [5.41, 5.74) is 0.545. The van der Waals surface area contributed by atoms with Crippen molar-refractivity contribution in [2.24, 2.45) is 0 Å². The van der Waals surface area contributed by atoms with Crippen molar-refractivity contribution in [2.75, 3.05) is 0 Å². The first-order chi connectivity index (χ1) is 8.09. The molecule has 1 aromatic carbocycles. The van der Waals surface area contributed by atoms with Crippen LogP contribution < -0.4 is 4.18 Å². The van der Waals surface area contributed by atoms with Gasteiger partial charge in [-0.1, -0.05) is 44.0 Å². The van der Waals surface area contributed by atoms with Crippen LogP contribution in [0.5, 0.6) is 5.75 Å². The molecule has 0 spiro atoms. The van der Waals surface area contributed by atoms with Gasteiger partial charge in [-0.15, -0.1) is 11.6 Å². The summed E-state index contributed by atoms with van der Waals surface area (Å²) in [6.45, 7) is 0. The Balaban J connectivity index is 2.12. The zero-order valence-electron chi connectivity index (χ0n) is 8.18. The Morgan fingerprint density at radius 1 is 1.41 bits per heavy atom. The molecule has 8 heteroatoms. The van der Waals surface area contributed by atoms with Crippen LogP contribution in [-0.4, -0.2) is 18.1 Å². The van der Waals surface area contributed by atoms with E-state index in [9.17, 15) is 4.79 Å². The van der Waals surface area contributed by atoms with Crippen LogP contribution >= 0.6 is 67.6 Å². The molecule has 0 saturated carbocycles. The predicted octanol–water partition coefficient (Wildman–Crippen LogP) is 4.41. The number of nitrogens with zero attached hydrogens (tertiary/aromatic N) is 1. The van der Waals surface area contributed by atoms with Gasteiger partial charge >= 0.3 is 0 Å². The van der Waals surface area contributed by atoms with Crippen molar-refractivity contribution in [3.05, 3.63) is 29.8 Å². The fraction of sp³-hybridized carbons (Fsp3) is 0.222. The monoisotopic (exact) mass is 417 g/mol. The van der Waals surface area contributed by atoms with Crippen molar-refractivity contribution < 1.29 is 8.98 Å². The van der Waals surface area contributed by atoms with Gasteiger partial charge in [0.15, 0.2) is 18.0 Å². The van der Waals surface area contributed by atoms with Crippen LogP contribution in [0.4, 0.5) is 0 Å². The van der Waals surface area contributed by atoms with Crippen LogP contribution in [0.15, 0.2) is 24.3 Å². The maximum atomic E-state index is 12.1. The Kier molecular flexibility index (Phi) is 4.94. The summed E-state index contributed by atoms with van der Waals surface area (Å²) in [6.07, 6.45) is 0. The van der Waals surface area contributed by atoms with E-state index < -0.39 is 0 Å². The van der Waals surface area contributed by atoms with Crippen LogP contribution in [-0.2, 0) is 0 Å². The number of halogens is 3. The number of carbonyl (C=O) groups is 1. The van der Waals surface area contributed by atoms with Gasteiger partial charge in [0.2, 0.25) is 0 Å². The van der Waals surface area contributed by atoms with E-state index in [2.05, 4.69) is 31.9 Å². The topological polar surface area (TPSA) is 29.5 Å². The van der Waals surface area contributed by atoms with Crippen molar-refractivity contribution in [1.29, 1.82) is 0 Å². The first-order valence-corrected chi connectivity index (χ1v) is 8.27. The molecule has 0 aromatic heterocycles. The Morgan fingerprint density at radius 3 is 2.82 bits per heavy atom. The number of alkyl halides is 3. The molecule has 1 aliphatic rings. The van der Waals surface area contributed by atoms with Crippen LogP contribution in [0.25, 0.3) is 0 Å². The van der Waals surface area contributed by atoms with Gasteiger partial charge in [0.1, 0.15) is 4.71 Å². The van der Waals surface area contributed by atoms with E-state index in [4.69, 9.17) is 15.8 Å². The molecule has 17 heavy (non-hydrogen) atoms. The number of fused-ring (bicyclic) bond motifs is 1. The largest absolute Gasteiger partial charge is 0.404 e. The molecule has 3 nitrogen and oxygen atoms in total. The molecular weight excluding hydrogens is 413 g/mol. The number of benzene rings is 1. The van der Waals surface area contributed by atoms with E-state index in [-0.39, 0.29) is 14.4 Å². The lowest BCUT2D eigenvalue weighted by Crippen LogP contribution is -2.26. The highest BCUT2D eigenvalue weighted by Gasteiger charge is 2.31. The van der Waals surface area contributed by atoms with Crippen LogP contribution in [0.3, 0.4) is 0 Å². The minimum absolute atomic E-state index is 0.0905. The van der Waals surface area contributed by atoms with Gasteiger partial charge in [-0.25, -0.2) is 0 Å². The highest BCUT2D eigenvalue weighted by molar-refractivity contribution is 9.24. The number of hydrogen-bond donors (Lipinski definition) is 0. The van der Waals surface area contributed by atoms with Crippen molar-refractivity contribution in [2.45, 2.75) is 8.45 Å². The normalized spacial score (nSPS) is 16.7. The Morgan fingerprint density at radius 2 is 2.12 bits per heavy atom. The fourth-order valence-electron chi connectivity index (χ4n) is 1.13. The summed E-state index contributed by atoms with van der Waals surface area (Å²) in [4.78, 5) is 12.1. The Hall–Kier alpha value is 0.440. The van der Waals surface area contributed by atoms with Crippen molar-refractivity contribution >= 4 is 73.5 Å². The molecule has 0 fully saturated rings. The maximum absolute atomic E-state index is 12.1. The second kappa shape index (κ2) is 6.06. The third kappa shape index (κ3) is 3.26. The summed E-state index contributed by atoms with van der Waals surface area (Å²) < 4.78 is 6.42. The van der Waals surface area contributed by atoms with E-state index in [0.29, 0.717) is 11.3 Å². The second-order valence-corrected chi connectivity index (χ2v) is 8.93. The summed E-state index contributed by atoms with van der Waals surface area (Å²) in [7, 11) is 0. The zero-order chi connectivity index (χ0) is 12.4. The second-order valence-electron chi connectivity index (χ2n) is 3.01. The summed E-state index contributed by atoms with van der Waals surface area (Å²) in [5, 5.41) is 0. The number of hydrogen-bond acceptors (Lipinski definition) is 4.